The van der Waals surface area contributed by atoms with Crippen LogP contribution >= 0.6 is 0 Å². The van der Waals surface area contributed by atoms with Gasteiger partial charge in [-0.3, -0.25) is 0 Å². The first kappa shape index (κ1) is 20.3. The summed E-state index contributed by atoms with van der Waals surface area (Å²) in [7, 11) is 0. The maximum absolute atomic E-state index is 11.0. The zero-order chi connectivity index (χ0) is 19.1. The van der Waals surface area contributed by atoms with E-state index in [0.29, 0.717) is 11.7 Å². The Labute approximate surface area is 156 Å². The van der Waals surface area contributed by atoms with Gasteiger partial charge >= 0.3 is 5.97 Å². The number of phenols is 1. The van der Waals surface area contributed by atoms with Crippen molar-refractivity contribution in [1.82, 2.24) is 0 Å². The molecule has 2 rings (SSSR count). The fraction of sp³-hybridized carbons (Fsp3) is 0.591. The highest BCUT2D eigenvalue weighted by atomic mass is 16.5. The van der Waals surface area contributed by atoms with Gasteiger partial charge in [0.15, 0.2) is 6.61 Å². The summed E-state index contributed by atoms with van der Waals surface area (Å²) in [6, 6.07) is 3.77. The summed E-state index contributed by atoms with van der Waals surface area (Å²) < 4.78 is 5.62. The summed E-state index contributed by atoms with van der Waals surface area (Å²) in [6.45, 7) is 6.05. The Balaban J connectivity index is 2.41. The van der Waals surface area contributed by atoms with Crippen molar-refractivity contribution in [3.05, 3.63) is 34.9 Å². The maximum Gasteiger partial charge on any atom is 0.341 e. The second kappa shape index (κ2) is 9.65. The molecule has 0 heterocycles. The first-order chi connectivity index (χ1) is 12.5. The Kier molecular flexibility index (Phi) is 7.55. The van der Waals surface area contributed by atoms with Crippen LogP contribution in [-0.2, 0) is 11.2 Å². The molecule has 4 heteroatoms. The van der Waals surface area contributed by atoms with Gasteiger partial charge in [-0.05, 0) is 56.2 Å². The molecule has 1 aliphatic rings. The summed E-state index contributed by atoms with van der Waals surface area (Å²) >= 11 is 0. The van der Waals surface area contributed by atoms with Crippen LogP contribution in [-0.4, -0.2) is 22.8 Å². The van der Waals surface area contributed by atoms with Crippen molar-refractivity contribution in [2.45, 2.75) is 71.6 Å². The molecule has 0 saturated heterocycles. The van der Waals surface area contributed by atoms with Crippen molar-refractivity contribution < 1.29 is 19.7 Å². The van der Waals surface area contributed by atoms with Crippen LogP contribution in [0.25, 0.3) is 0 Å². The predicted octanol–water partition coefficient (Wildman–Crippen LogP) is 5.44. The molecule has 0 fully saturated rings. The topological polar surface area (TPSA) is 66.8 Å². The number of hydrogen-bond donors (Lipinski definition) is 2. The molecule has 2 unspecified atom stereocenters. The number of phenolic OH excluding ortho intramolecular Hbond substituents is 1. The summed E-state index contributed by atoms with van der Waals surface area (Å²) in [5.41, 5.74) is 3.07. The highest BCUT2D eigenvalue weighted by molar-refractivity contribution is 5.68. The number of allylic oxidation sites excluding steroid dienone is 2. The molecule has 1 aromatic rings. The van der Waals surface area contributed by atoms with E-state index < -0.39 is 12.6 Å². The van der Waals surface area contributed by atoms with Crippen molar-refractivity contribution in [3.63, 3.8) is 0 Å². The van der Waals surface area contributed by atoms with Crippen LogP contribution in [0, 0.1) is 5.92 Å². The molecule has 1 aliphatic carbocycles. The summed E-state index contributed by atoms with van der Waals surface area (Å²) in [5, 5.41) is 19.8. The number of carboxylic acid groups (broad SMARTS) is 1. The average molecular weight is 360 g/mol. The predicted molar refractivity (Wildman–Crippen MR) is 104 cm³/mol. The summed E-state index contributed by atoms with van der Waals surface area (Å²) in [6.07, 6.45) is 9.58. The molecule has 0 radical (unpaired) electrons. The number of ether oxygens (including phenoxy) is 1. The molecule has 0 aromatic heterocycles. The molecule has 144 valence electrons. The first-order valence-electron chi connectivity index (χ1n) is 9.83. The average Bonchev–Trinajstić information content (AvgIpc) is 2.60. The molecule has 0 spiro atoms. The van der Waals surface area contributed by atoms with Gasteiger partial charge in [-0.1, -0.05) is 44.8 Å². The fourth-order valence-corrected chi connectivity index (χ4v) is 3.88. The quantitative estimate of drug-likeness (QED) is 0.455. The van der Waals surface area contributed by atoms with Crippen molar-refractivity contribution >= 4 is 5.97 Å². The van der Waals surface area contributed by atoms with Gasteiger partial charge in [-0.25, -0.2) is 4.79 Å². The zero-order valence-electron chi connectivity index (χ0n) is 16.3. The van der Waals surface area contributed by atoms with Gasteiger partial charge < -0.3 is 14.9 Å². The van der Waals surface area contributed by atoms with Gasteiger partial charge in [0.1, 0.15) is 11.5 Å². The molecule has 0 aliphatic heterocycles. The van der Waals surface area contributed by atoms with Crippen LogP contribution < -0.4 is 4.74 Å². The van der Waals surface area contributed by atoms with Crippen LogP contribution in [0.15, 0.2) is 23.8 Å². The second-order valence-electron chi connectivity index (χ2n) is 7.41. The van der Waals surface area contributed by atoms with E-state index >= 15 is 0 Å². The van der Waals surface area contributed by atoms with Gasteiger partial charge in [-0.15, -0.1) is 0 Å². The third kappa shape index (κ3) is 5.26. The Morgan fingerprint density at radius 1 is 1.27 bits per heavy atom. The van der Waals surface area contributed by atoms with E-state index in [1.54, 1.807) is 0 Å². The Hall–Kier alpha value is -1.97. The third-order valence-electron chi connectivity index (χ3n) is 5.34. The van der Waals surface area contributed by atoms with Crippen LogP contribution in [0.3, 0.4) is 0 Å². The monoisotopic (exact) mass is 360 g/mol. The molecule has 2 N–H and O–H groups in total. The first-order valence-corrected chi connectivity index (χ1v) is 9.83. The molecule has 0 saturated carbocycles. The van der Waals surface area contributed by atoms with E-state index in [-0.39, 0.29) is 11.7 Å². The summed E-state index contributed by atoms with van der Waals surface area (Å²) in [4.78, 5) is 11.0. The molecular weight excluding hydrogens is 328 g/mol. The zero-order valence-corrected chi connectivity index (χ0v) is 16.3. The van der Waals surface area contributed by atoms with E-state index in [9.17, 15) is 9.90 Å². The minimum atomic E-state index is -1.01. The van der Waals surface area contributed by atoms with E-state index in [4.69, 9.17) is 9.84 Å². The molecule has 0 amide bonds. The smallest absolute Gasteiger partial charge is 0.341 e. The minimum Gasteiger partial charge on any atom is -0.507 e. The lowest BCUT2D eigenvalue weighted by Gasteiger charge is -2.31. The van der Waals surface area contributed by atoms with Crippen molar-refractivity contribution in [2.75, 3.05) is 6.61 Å². The number of rotatable bonds is 9. The molecule has 1 aromatic carbocycles. The molecular formula is C22H32O4. The highest BCUT2D eigenvalue weighted by Gasteiger charge is 2.29. The lowest BCUT2D eigenvalue weighted by atomic mass is 9.75. The number of carboxylic acids is 1. The normalized spacial score (nSPS) is 19.9. The largest absolute Gasteiger partial charge is 0.507 e. The van der Waals surface area contributed by atoms with Crippen molar-refractivity contribution in [2.24, 2.45) is 5.92 Å². The van der Waals surface area contributed by atoms with Crippen LogP contribution in [0.4, 0.5) is 0 Å². The number of aromatic hydroxyl groups is 1. The minimum absolute atomic E-state index is 0.0715. The van der Waals surface area contributed by atoms with Crippen LogP contribution in [0.1, 0.15) is 76.3 Å². The van der Waals surface area contributed by atoms with E-state index in [1.807, 2.05) is 12.1 Å². The second-order valence-corrected chi connectivity index (χ2v) is 7.41. The SMILES string of the molecule is CCCCCc1cc(O)c(C2C=C(C)CCC2CC)c(OCC(=O)O)c1. The molecule has 26 heavy (non-hydrogen) atoms. The van der Waals surface area contributed by atoms with Crippen molar-refractivity contribution in [1.29, 1.82) is 0 Å². The highest BCUT2D eigenvalue weighted by Crippen LogP contribution is 2.46. The Morgan fingerprint density at radius 2 is 2.04 bits per heavy atom. The fourth-order valence-electron chi connectivity index (χ4n) is 3.88. The number of benzene rings is 1. The van der Waals surface area contributed by atoms with Gasteiger partial charge in [-0.2, -0.15) is 0 Å². The van der Waals surface area contributed by atoms with Gasteiger partial charge in [0.2, 0.25) is 0 Å². The number of unbranched alkanes of at least 4 members (excludes halogenated alkanes) is 2. The third-order valence-corrected chi connectivity index (χ3v) is 5.34. The lowest BCUT2D eigenvalue weighted by Crippen LogP contribution is -2.18. The van der Waals surface area contributed by atoms with Gasteiger partial charge in [0.25, 0.3) is 0 Å². The Bertz CT molecular complexity index is 648. The number of aliphatic carboxylic acids is 1. The van der Waals surface area contributed by atoms with E-state index in [1.165, 1.54) is 5.57 Å². The number of hydrogen-bond acceptors (Lipinski definition) is 3. The van der Waals surface area contributed by atoms with Crippen LogP contribution in [0.2, 0.25) is 0 Å². The van der Waals surface area contributed by atoms with Crippen molar-refractivity contribution in [3.8, 4) is 11.5 Å². The summed E-state index contributed by atoms with van der Waals surface area (Å²) in [5.74, 6) is 0.251. The standard InChI is InChI=1S/C22H32O4/c1-4-6-7-8-16-12-19(23)22(20(13-16)26-14-21(24)25)18-11-15(3)9-10-17(18)5-2/h11-13,17-18,23H,4-10,14H2,1-3H3,(H,24,25). The lowest BCUT2D eigenvalue weighted by molar-refractivity contribution is -0.139. The van der Waals surface area contributed by atoms with Gasteiger partial charge in [0.05, 0.1) is 0 Å². The van der Waals surface area contributed by atoms with E-state index in [0.717, 1.165) is 56.1 Å². The molecule has 0 bridgehead atoms. The number of aryl methyl sites for hydroxylation is 1. The maximum atomic E-state index is 11.0. The number of carbonyl (C=O) groups is 1. The van der Waals surface area contributed by atoms with Gasteiger partial charge in [0, 0.05) is 11.5 Å². The van der Waals surface area contributed by atoms with Crippen LogP contribution in [0.5, 0.6) is 11.5 Å². The molecule has 4 nitrogen and oxygen atoms in total. The Morgan fingerprint density at radius 3 is 2.69 bits per heavy atom. The molecule has 2 atom stereocenters. The van der Waals surface area contributed by atoms with E-state index in [2.05, 4.69) is 26.8 Å².